The summed E-state index contributed by atoms with van der Waals surface area (Å²) in [6, 6.07) is 0. The van der Waals surface area contributed by atoms with E-state index in [9.17, 15) is 10.0 Å². The number of rotatable bonds is 8. The Balaban J connectivity index is 2.46. The van der Waals surface area contributed by atoms with E-state index in [4.69, 9.17) is 0 Å². The van der Waals surface area contributed by atoms with Crippen LogP contribution in [0.15, 0.2) is 0 Å². The Labute approximate surface area is 136 Å². The third-order valence-electron chi connectivity index (χ3n) is 4.97. The van der Waals surface area contributed by atoms with Crippen molar-refractivity contribution in [1.82, 2.24) is 15.3 Å². The Morgan fingerprint density at radius 2 is 1.82 bits per heavy atom. The number of hydroxylamine groups is 2. The van der Waals surface area contributed by atoms with Gasteiger partial charge in [0.2, 0.25) is 5.91 Å². The van der Waals surface area contributed by atoms with Gasteiger partial charge in [0.05, 0.1) is 5.92 Å². The molecule has 0 aromatic heterocycles. The number of carbonyl (C=O) groups excluding carboxylic acids is 1. The number of carbonyl (C=O) groups is 1. The number of amides is 1. The fourth-order valence-electron chi connectivity index (χ4n) is 3.52. The van der Waals surface area contributed by atoms with Crippen LogP contribution in [0.4, 0.5) is 0 Å². The average molecular weight is 312 g/mol. The molecular weight excluding hydrogens is 278 g/mol. The van der Waals surface area contributed by atoms with Gasteiger partial charge >= 0.3 is 0 Å². The zero-order valence-corrected chi connectivity index (χ0v) is 15.2. The summed E-state index contributed by atoms with van der Waals surface area (Å²) >= 11 is 0. The number of unbranched alkanes of at least 4 members (excludes halogenated alkanes) is 3. The molecule has 0 bridgehead atoms. The molecule has 1 aliphatic heterocycles. The molecule has 1 rings (SSSR count). The summed E-state index contributed by atoms with van der Waals surface area (Å²) < 4.78 is 0. The summed E-state index contributed by atoms with van der Waals surface area (Å²) in [6.45, 7) is 9.48. The Kier molecular flexibility index (Phi) is 6.84. The highest BCUT2D eigenvalue weighted by Crippen LogP contribution is 2.44. The van der Waals surface area contributed by atoms with Crippen LogP contribution in [-0.4, -0.2) is 54.1 Å². The van der Waals surface area contributed by atoms with Crippen molar-refractivity contribution in [1.29, 1.82) is 0 Å². The molecular formula is C17H34N3O2-. The Morgan fingerprint density at radius 1 is 1.23 bits per heavy atom. The SMILES string of the molecule is CNCCCCCCN(C)C(=O)C1CC(C)(C)N([O-])C1(C)C. The molecule has 0 saturated carbocycles. The summed E-state index contributed by atoms with van der Waals surface area (Å²) in [5, 5.41) is 16.7. The van der Waals surface area contributed by atoms with Crippen molar-refractivity contribution >= 4 is 5.91 Å². The van der Waals surface area contributed by atoms with Gasteiger partial charge in [-0.1, -0.05) is 12.8 Å². The third kappa shape index (κ3) is 4.43. The number of nitrogens with zero attached hydrogens (tertiary/aromatic N) is 2. The Hall–Kier alpha value is -0.650. The van der Waals surface area contributed by atoms with Crippen molar-refractivity contribution in [2.45, 2.75) is 70.9 Å². The van der Waals surface area contributed by atoms with E-state index < -0.39 is 11.1 Å². The largest absolute Gasteiger partial charge is 0.784 e. The molecule has 0 radical (unpaired) electrons. The lowest BCUT2D eigenvalue weighted by atomic mass is 9.86. The highest BCUT2D eigenvalue weighted by molar-refractivity contribution is 5.80. The zero-order valence-electron chi connectivity index (χ0n) is 15.2. The van der Waals surface area contributed by atoms with Crippen LogP contribution in [0.5, 0.6) is 0 Å². The monoisotopic (exact) mass is 312 g/mol. The molecule has 1 saturated heterocycles. The molecule has 1 amide bonds. The average Bonchev–Trinajstić information content (AvgIpc) is 2.61. The molecule has 1 aliphatic rings. The van der Waals surface area contributed by atoms with Gasteiger partial charge in [-0.3, -0.25) is 4.79 Å². The quantitative estimate of drug-likeness (QED) is 0.700. The smallest absolute Gasteiger partial charge is 0.227 e. The Bertz CT molecular complexity index is 369. The summed E-state index contributed by atoms with van der Waals surface area (Å²) in [6.07, 6.45) is 5.19. The highest BCUT2D eigenvalue weighted by Gasteiger charge is 2.50. The van der Waals surface area contributed by atoms with Gasteiger partial charge in [0, 0.05) is 24.7 Å². The van der Waals surface area contributed by atoms with Crippen molar-refractivity contribution in [2.24, 2.45) is 5.92 Å². The van der Waals surface area contributed by atoms with Gasteiger partial charge in [-0.25, -0.2) is 0 Å². The molecule has 5 nitrogen and oxygen atoms in total. The van der Waals surface area contributed by atoms with Gasteiger partial charge < -0.3 is 20.5 Å². The summed E-state index contributed by atoms with van der Waals surface area (Å²) in [5.41, 5.74) is -1.08. The maximum absolute atomic E-state index is 12.7. The van der Waals surface area contributed by atoms with Crippen molar-refractivity contribution in [3.8, 4) is 0 Å². The van der Waals surface area contributed by atoms with E-state index in [-0.39, 0.29) is 11.8 Å². The second-order valence-electron chi connectivity index (χ2n) is 7.79. The first kappa shape index (κ1) is 19.4. The van der Waals surface area contributed by atoms with Gasteiger partial charge in [0.1, 0.15) is 0 Å². The fraction of sp³-hybridized carbons (Fsp3) is 0.941. The lowest BCUT2D eigenvalue weighted by Crippen LogP contribution is -2.48. The summed E-state index contributed by atoms with van der Waals surface area (Å²) in [7, 11) is 3.84. The molecule has 1 fully saturated rings. The topological polar surface area (TPSA) is 58.6 Å². The molecule has 0 aromatic rings. The molecule has 0 aliphatic carbocycles. The van der Waals surface area contributed by atoms with E-state index in [0.29, 0.717) is 6.42 Å². The van der Waals surface area contributed by atoms with Crippen LogP contribution >= 0.6 is 0 Å². The molecule has 22 heavy (non-hydrogen) atoms. The van der Waals surface area contributed by atoms with E-state index in [1.165, 1.54) is 12.8 Å². The Morgan fingerprint density at radius 3 is 2.32 bits per heavy atom. The van der Waals surface area contributed by atoms with Gasteiger partial charge in [0.15, 0.2) is 0 Å². The van der Waals surface area contributed by atoms with Crippen molar-refractivity contribution in [3.05, 3.63) is 5.21 Å². The standard InChI is InChI=1S/C17H34N3O2/c1-16(2)13-14(17(3,4)20(16)22)15(21)19(6)12-10-8-7-9-11-18-5/h14,18H,7-13H2,1-6H3/q-1. The molecule has 130 valence electrons. The molecule has 1 heterocycles. The minimum absolute atomic E-state index is 0.117. The first-order chi connectivity index (χ1) is 10.1. The van der Waals surface area contributed by atoms with Crippen LogP contribution in [0.2, 0.25) is 0 Å². The van der Waals surface area contributed by atoms with Crippen molar-refractivity contribution in [2.75, 3.05) is 27.2 Å². The van der Waals surface area contributed by atoms with E-state index >= 15 is 0 Å². The molecule has 1 N–H and O–H groups in total. The first-order valence-corrected chi connectivity index (χ1v) is 8.51. The van der Waals surface area contributed by atoms with E-state index in [1.54, 1.807) is 0 Å². The van der Waals surface area contributed by atoms with Crippen LogP contribution < -0.4 is 5.32 Å². The summed E-state index contributed by atoms with van der Waals surface area (Å²) in [4.78, 5) is 14.5. The van der Waals surface area contributed by atoms with Gasteiger partial charge in [0.25, 0.3) is 0 Å². The van der Waals surface area contributed by atoms with Crippen LogP contribution in [-0.2, 0) is 4.79 Å². The van der Waals surface area contributed by atoms with E-state index in [0.717, 1.165) is 31.0 Å². The predicted molar refractivity (Wildman–Crippen MR) is 91.5 cm³/mol. The van der Waals surface area contributed by atoms with Crippen LogP contribution in [0.25, 0.3) is 0 Å². The molecule has 1 unspecified atom stereocenters. The van der Waals surface area contributed by atoms with Crippen LogP contribution in [0.1, 0.15) is 59.8 Å². The van der Waals surface area contributed by atoms with E-state index in [2.05, 4.69) is 5.32 Å². The lowest BCUT2D eigenvalue weighted by molar-refractivity contribution is -0.136. The molecule has 0 aromatic carbocycles. The minimum Gasteiger partial charge on any atom is -0.784 e. The molecule has 0 spiro atoms. The molecule has 5 heteroatoms. The maximum Gasteiger partial charge on any atom is 0.227 e. The van der Waals surface area contributed by atoms with Crippen molar-refractivity contribution < 1.29 is 4.79 Å². The number of nitrogens with one attached hydrogen (secondary N) is 1. The molecule has 1 atom stereocenters. The first-order valence-electron chi connectivity index (χ1n) is 8.51. The second kappa shape index (κ2) is 7.75. The van der Waals surface area contributed by atoms with Crippen LogP contribution in [0, 0.1) is 11.1 Å². The van der Waals surface area contributed by atoms with Crippen molar-refractivity contribution in [3.63, 3.8) is 0 Å². The van der Waals surface area contributed by atoms with E-state index in [1.807, 2.05) is 46.7 Å². The summed E-state index contributed by atoms with van der Waals surface area (Å²) in [5.74, 6) is -0.0964. The fourth-order valence-corrected chi connectivity index (χ4v) is 3.52. The second-order valence-corrected chi connectivity index (χ2v) is 7.79. The van der Waals surface area contributed by atoms with Crippen LogP contribution in [0.3, 0.4) is 0 Å². The minimum atomic E-state index is -0.623. The zero-order chi connectivity index (χ0) is 17.0. The van der Waals surface area contributed by atoms with Gasteiger partial charge in [-0.2, -0.15) is 0 Å². The predicted octanol–water partition coefficient (Wildman–Crippen LogP) is 2.60. The number of hydrogen-bond acceptors (Lipinski definition) is 4. The highest BCUT2D eigenvalue weighted by atomic mass is 16.5. The third-order valence-corrected chi connectivity index (χ3v) is 4.97. The normalized spacial score (nSPS) is 23.7. The van der Waals surface area contributed by atoms with Gasteiger partial charge in [-0.05, 0) is 60.5 Å². The van der Waals surface area contributed by atoms with Gasteiger partial charge in [-0.15, -0.1) is 0 Å². The maximum atomic E-state index is 12.7. The number of hydrogen-bond donors (Lipinski definition) is 1. The lowest BCUT2D eigenvalue weighted by Gasteiger charge is -2.47.